The highest BCUT2D eigenvalue weighted by Gasteiger charge is 2.10. The number of aromatic nitrogens is 2. The Morgan fingerprint density at radius 2 is 1.96 bits per heavy atom. The summed E-state index contributed by atoms with van der Waals surface area (Å²) in [5, 5.41) is 7.50. The summed E-state index contributed by atoms with van der Waals surface area (Å²) < 4.78 is 10.5. The van der Waals surface area contributed by atoms with Crippen LogP contribution in [0.15, 0.2) is 53.1 Å². The van der Waals surface area contributed by atoms with Gasteiger partial charge in [-0.2, -0.15) is 4.98 Å². The first-order valence-corrected chi connectivity index (χ1v) is 8.60. The summed E-state index contributed by atoms with van der Waals surface area (Å²) in [4.78, 5) is 16.1. The molecule has 1 heterocycles. The minimum atomic E-state index is -0.279. The minimum absolute atomic E-state index is 0.152. The molecule has 0 fully saturated rings. The van der Waals surface area contributed by atoms with Crippen molar-refractivity contribution in [1.82, 2.24) is 15.5 Å². The van der Waals surface area contributed by atoms with Gasteiger partial charge in [0.05, 0.1) is 5.02 Å². The van der Waals surface area contributed by atoms with Crippen molar-refractivity contribution in [3.05, 3.63) is 64.5 Å². The second-order valence-corrected chi connectivity index (χ2v) is 6.18. The zero-order chi connectivity index (χ0) is 18.4. The molecule has 1 aromatic heterocycles. The van der Waals surface area contributed by atoms with Crippen LogP contribution >= 0.6 is 23.2 Å². The third-order valence-corrected chi connectivity index (χ3v) is 3.94. The third kappa shape index (κ3) is 4.97. The number of halogens is 2. The second kappa shape index (κ2) is 8.69. The van der Waals surface area contributed by atoms with Gasteiger partial charge in [0.15, 0.2) is 6.61 Å². The Kier molecular flexibility index (Phi) is 6.09. The Bertz CT molecular complexity index is 884. The first-order chi connectivity index (χ1) is 12.6. The average molecular weight is 392 g/mol. The van der Waals surface area contributed by atoms with Crippen molar-refractivity contribution in [3.63, 3.8) is 0 Å². The molecule has 0 aliphatic carbocycles. The molecule has 2 aromatic carbocycles. The molecule has 0 saturated carbocycles. The summed E-state index contributed by atoms with van der Waals surface area (Å²) in [6.07, 6.45) is 0.424. The van der Waals surface area contributed by atoms with Gasteiger partial charge in [-0.25, -0.2) is 0 Å². The fourth-order valence-electron chi connectivity index (χ4n) is 2.16. The van der Waals surface area contributed by atoms with Crippen LogP contribution in [0.25, 0.3) is 11.4 Å². The quantitative estimate of drug-likeness (QED) is 0.662. The predicted molar refractivity (Wildman–Crippen MR) is 98.4 cm³/mol. The Morgan fingerprint density at radius 3 is 2.73 bits per heavy atom. The number of rotatable bonds is 7. The molecule has 0 unspecified atom stereocenters. The summed E-state index contributed by atoms with van der Waals surface area (Å²) in [7, 11) is 0. The smallest absolute Gasteiger partial charge is 0.257 e. The van der Waals surface area contributed by atoms with Crippen LogP contribution in [-0.4, -0.2) is 29.2 Å². The molecule has 0 atom stereocenters. The van der Waals surface area contributed by atoms with Gasteiger partial charge in [-0.1, -0.05) is 58.7 Å². The van der Waals surface area contributed by atoms with Gasteiger partial charge in [0.2, 0.25) is 11.7 Å². The van der Waals surface area contributed by atoms with Crippen LogP contribution in [0.3, 0.4) is 0 Å². The van der Waals surface area contributed by atoms with Crippen molar-refractivity contribution >= 4 is 29.1 Å². The molecule has 3 rings (SSSR count). The number of nitrogens with one attached hydrogen (secondary N) is 1. The van der Waals surface area contributed by atoms with Gasteiger partial charge in [-0.3, -0.25) is 4.79 Å². The van der Waals surface area contributed by atoms with E-state index in [4.69, 9.17) is 32.5 Å². The largest absolute Gasteiger partial charge is 0.482 e. The molecule has 0 saturated heterocycles. The van der Waals surface area contributed by atoms with Gasteiger partial charge < -0.3 is 14.6 Å². The van der Waals surface area contributed by atoms with Gasteiger partial charge in [-0.15, -0.1) is 0 Å². The Balaban J connectivity index is 1.43. The SMILES string of the molecule is O=C(COc1ccc(Cl)cc1Cl)NCCc1nc(-c2ccccc2)no1. The lowest BCUT2D eigenvalue weighted by molar-refractivity contribution is -0.123. The van der Waals surface area contributed by atoms with E-state index in [0.29, 0.717) is 40.5 Å². The second-order valence-electron chi connectivity index (χ2n) is 5.34. The van der Waals surface area contributed by atoms with Gasteiger partial charge in [0.1, 0.15) is 5.75 Å². The van der Waals surface area contributed by atoms with Crippen molar-refractivity contribution in [1.29, 1.82) is 0 Å². The van der Waals surface area contributed by atoms with Gasteiger partial charge in [0.25, 0.3) is 5.91 Å². The van der Waals surface area contributed by atoms with Gasteiger partial charge in [0, 0.05) is 23.6 Å². The lowest BCUT2D eigenvalue weighted by Gasteiger charge is -2.08. The molecular weight excluding hydrogens is 377 g/mol. The Morgan fingerprint density at radius 1 is 1.15 bits per heavy atom. The topological polar surface area (TPSA) is 77.2 Å². The van der Waals surface area contributed by atoms with Crippen molar-refractivity contribution in [3.8, 4) is 17.1 Å². The van der Waals surface area contributed by atoms with E-state index in [2.05, 4.69) is 15.5 Å². The molecule has 0 radical (unpaired) electrons. The van der Waals surface area contributed by atoms with Crippen LogP contribution < -0.4 is 10.1 Å². The lowest BCUT2D eigenvalue weighted by Crippen LogP contribution is -2.30. The summed E-state index contributed by atoms with van der Waals surface area (Å²) >= 11 is 11.8. The lowest BCUT2D eigenvalue weighted by atomic mass is 10.2. The molecule has 6 nitrogen and oxygen atoms in total. The molecule has 0 aliphatic heterocycles. The molecule has 3 aromatic rings. The summed E-state index contributed by atoms with van der Waals surface area (Å²) in [5.74, 6) is 1.09. The third-order valence-electron chi connectivity index (χ3n) is 3.41. The predicted octanol–water partition coefficient (Wildman–Crippen LogP) is 3.78. The Hall–Kier alpha value is -2.57. The molecule has 0 spiro atoms. The van der Waals surface area contributed by atoms with Crippen LogP contribution in [0.5, 0.6) is 5.75 Å². The number of amides is 1. The minimum Gasteiger partial charge on any atom is -0.482 e. The standard InChI is InChI=1S/C18H15Cl2N3O3/c19-13-6-7-15(14(20)10-13)25-11-16(24)21-9-8-17-22-18(23-26-17)12-4-2-1-3-5-12/h1-7,10H,8-9,11H2,(H,21,24). The zero-order valence-corrected chi connectivity index (χ0v) is 15.1. The molecule has 0 aliphatic rings. The van der Waals surface area contributed by atoms with E-state index >= 15 is 0 Å². The van der Waals surface area contributed by atoms with Crippen LogP contribution in [-0.2, 0) is 11.2 Å². The molecule has 0 bridgehead atoms. The summed E-state index contributed by atoms with van der Waals surface area (Å²) in [6.45, 7) is 0.202. The number of benzene rings is 2. The summed E-state index contributed by atoms with van der Waals surface area (Å²) in [5.41, 5.74) is 0.875. The zero-order valence-electron chi connectivity index (χ0n) is 13.6. The van der Waals surface area contributed by atoms with E-state index in [9.17, 15) is 4.79 Å². The van der Waals surface area contributed by atoms with E-state index in [0.717, 1.165) is 5.56 Å². The van der Waals surface area contributed by atoms with E-state index in [1.807, 2.05) is 30.3 Å². The fraction of sp³-hybridized carbons (Fsp3) is 0.167. The number of ether oxygens (including phenoxy) is 1. The summed E-state index contributed by atoms with van der Waals surface area (Å²) in [6, 6.07) is 14.3. The maximum absolute atomic E-state index is 11.8. The van der Waals surface area contributed by atoms with Gasteiger partial charge in [-0.05, 0) is 18.2 Å². The van der Waals surface area contributed by atoms with Crippen molar-refractivity contribution in [2.45, 2.75) is 6.42 Å². The highest BCUT2D eigenvalue weighted by Crippen LogP contribution is 2.27. The maximum Gasteiger partial charge on any atom is 0.257 e. The van der Waals surface area contributed by atoms with Crippen molar-refractivity contribution in [2.75, 3.05) is 13.2 Å². The Labute approximate surface area is 160 Å². The number of nitrogens with zero attached hydrogens (tertiary/aromatic N) is 2. The van der Waals surface area contributed by atoms with Crippen LogP contribution in [0.1, 0.15) is 5.89 Å². The maximum atomic E-state index is 11.8. The van der Waals surface area contributed by atoms with E-state index in [-0.39, 0.29) is 12.5 Å². The van der Waals surface area contributed by atoms with Crippen molar-refractivity contribution in [2.24, 2.45) is 0 Å². The normalized spacial score (nSPS) is 10.5. The molecule has 134 valence electrons. The van der Waals surface area contributed by atoms with Gasteiger partial charge >= 0.3 is 0 Å². The first kappa shape index (κ1) is 18.2. The number of carbonyl (C=O) groups excluding carboxylic acids is 1. The molecule has 26 heavy (non-hydrogen) atoms. The molecule has 1 amide bonds. The number of hydrogen-bond acceptors (Lipinski definition) is 5. The number of hydrogen-bond donors (Lipinski definition) is 1. The fourth-order valence-corrected chi connectivity index (χ4v) is 2.62. The number of carbonyl (C=O) groups is 1. The van der Waals surface area contributed by atoms with E-state index < -0.39 is 0 Å². The molecule has 1 N–H and O–H groups in total. The molecule has 8 heteroatoms. The molecular formula is C18H15Cl2N3O3. The monoisotopic (exact) mass is 391 g/mol. The average Bonchev–Trinajstić information content (AvgIpc) is 3.11. The van der Waals surface area contributed by atoms with Crippen LogP contribution in [0.4, 0.5) is 0 Å². The van der Waals surface area contributed by atoms with Crippen LogP contribution in [0, 0.1) is 0 Å². The van der Waals surface area contributed by atoms with Crippen molar-refractivity contribution < 1.29 is 14.1 Å². The van der Waals surface area contributed by atoms with Crippen LogP contribution in [0.2, 0.25) is 10.0 Å². The highest BCUT2D eigenvalue weighted by molar-refractivity contribution is 6.35. The van der Waals surface area contributed by atoms with E-state index in [1.165, 1.54) is 0 Å². The van der Waals surface area contributed by atoms with E-state index in [1.54, 1.807) is 18.2 Å². The highest BCUT2D eigenvalue weighted by atomic mass is 35.5. The first-order valence-electron chi connectivity index (χ1n) is 7.84.